The summed E-state index contributed by atoms with van der Waals surface area (Å²) in [5.74, 6) is 0. The number of hydrogen-bond acceptors (Lipinski definition) is 0. The van der Waals surface area contributed by atoms with Gasteiger partial charge in [0.1, 0.15) is 0 Å². The molecular weight excluding hydrogens is 71.5 g/mol. The van der Waals surface area contributed by atoms with Crippen LogP contribution in [0.25, 0.3) is 0 Å². The van der Waals surface area contributed by atoms with E-state index < -0.39 is 0 Å². The van der Waals surface area contributed by atoms with Crippen molar-refractivity contribution in [1.29, 1.82) is 0 Å². The lowest BCUT2D eigenvalue weighted by Crippen LogP contribution is -3.00. The first kappa shape index (κ1) is 8.85. The fourth-order valence-electron chi connectivity index (χ4n) is 0. The molecule has 0 nitrogen and oxygen atoms in total. The highest BCUT2D eigenvalue weighted by Crippen LogP contribution is 1.56. The van der Waals surface area contributed by atoms with Crippen LogP contribution in [-0.2, 0) is 0 Å². The highest BCUT2D eigenvalue weighted by molar-refractivity contribution is 3.92. The first-order chi connectivity index (χ1) is 1.41. The SMILES string of the molecule is CCC.[Cl-]. The fourth-order valence-corrected chi connectivity index (χ4v) is 0. The van der Waals surface area contributed by atoms with Crippen molar-refractivity contribution in [2.24, 2.45) is 0 Å². The Morgan fingerprint density at radius 2 is 1.25 bits per heavy atom. The van der Waals surface area contributed by atoms with E-state index in [0.29, 0.717) is 0 Å². The lowest BCUT2D eigenvalue weighted by atomic mass is 10.6. The van der Waals surface area contributed by atoms with E-state index in [4.69, 9.17) is 0 Å². The van der Waals surface area contributed by atoms with Gasteiger partial charge in [-0.1, -0.05) is 20.3 Å². The second-order valence-corrected chi connectivity index (χ2v) is 0.707. The van der Waals surface area contributed by atoms with E-state index in [2.05, 4.69) is 13.8 Å². The Bertz CT molecular complexity index is 3.25. The lowest BCUT2D eigenvalue weighted by molar-refractivity contribution is -0.000000822. The van der Waals surface area contributed by atoms with Crippen molar-refractivity contribution in [1.82, 2.24) is 0 Å². The molecule has 1 heteroatoms. The molecule has 0 fully saturated rings. The van der Waals surface area contributed by atoms with Crippen LogP contribution in [0.4, 0.5) is 0 Å². The van der Waals surface area contributed by atoms with Gasteiger partial charge >= 0.3 is 0 Å². The summed E-state index contributed by atoms with van der Waals surface area (Å²) >= 11 is 0. The molecule has 0 aromatic carbocycles. The van der Waals surface area contributed by atoms with Crippen molar-refractivity contribution in [3.63, 3.8) is 0 Å². The van der Waals surface area contributed by atoms with E-state index in [1.165, 1.54) is 6.42 Å². The summed E-state index contributed by atoms with van der Waals surface area (Å²) in [4.78, 5) is 0. The third-order valence-electron chi connectivity index (χ3n) is 0. The van der Waals surface area contributed by atoms with Gasteiger partial charge in [-0.25, -0.2) is 0 Å². The van der Waals surface area contributed by atoms with Gasteiger partial charge in [-0.15, -0.1) is 0 Å². The molecule has 0 saturated carbocycles. The van der Waals surface area contributed by atoms with Crippen LogP contribution < -0.4 is 12.4 Å². The van der Waals surface area contributed by atoms with Crippen LogP contribution in [0.3, 0.4) is 0 Å². The molecule has 0 aliphatic heterocycles. The molecule has 0 unspecified atom stereocenters. The summed E-state index contributed by atoms with van der Waals surface area (Å²) in [6.07, 6.45) is 1.25. The van der Waals surface area contributed by atoms with Crippen LogP contribution in [-0.4, -0.2) is 0 Å². The zero-order chi connectivity index (χ0) is 2.71. The minimum Gasteiger partial charge on any atom is -1.00 e. The number of rotatable bonds is 0. The fraction of sp³-hybridized carbons (Fsp3) is 1.00. The molecule has 0 rings (SSSR count). The van der Waals surface area contributed by atoms with Crippen LogP contribution in [0.1, 0.15) is 20.3 Å². The highest BCUT2D eigenvalue weighted by Gasteiger charge is 1.35. The predicted molar refractivity (Wildman–Crippen MR) is 16.0 cm³/mol. The third-order valence-corrected chi connectivity index (χ3v) is 0. The Morgan fingerprint density at radius 3 is 1.25 bits per heavy atom. The molecule has 0 heterocycles. The zero-order valence-corrected chi connectivity index (χ0v) is 3.84. The molecule has 4 heavy (non-hydrogen) atoms. The van der Waals surface area contributed by atoms with Gasteiger partial charge in [-0.2, -0.15) is 0 Å². The van der Waals surface area contributed by atoms with Gasteiger partial charge in [0.05, 0.1) is 0 Å². The topological polar surface area (TPSA) is 0 Å². The summed E-state index contributed by atoms with van der Waals surface area (Å²) < 4.78 is 0. The first-order valence-corrected chi connectivity index (χ1v) is 1.41. The van der Waals surface area contributed by atoms with Gasteiger partial charge < -0.3 is 12.4 Å². The summed E-state index contributed by atoms with van der Waals surface area (Å²) in [6, 6.07) is 0. The van der Waals surface area contributed by atoms with Gasteiger partial charge in [0.2, 0.25) is 0 Å². The molecule has 0 aromatic heterocycles. The van der Waals surface area contributed by atoms with Crippen molar-refractivity contribution in [3.05, 3.63) is 0 Å². The van der Waals surface area contributed by atoms with Crippen molar-refractivity contribution in [3.8, 4) is 0 Å². The highest BCUT2D eigenvalue weighted by atomic mass is 35.5. The van der Waals surface area contributed by atoms with Crippen molar-refractivity contribution >= 4 is 0 Å². The minimum absolute atomic E-state index is 0. The number of halogens is 1. The second kappa shape index (κ2) is 10.4. The summed E-state index contributed by atoms with van der Waals surface area (Å²) in [6.45, 7) is 4.25. The average Bonchev–Trinajstić information content (AvgIpc) is 0.918. The summed E-state index contributed by atoms with van der Waals surface area (Å²) in [5.41, 5.74) is 0. The first-order valence-electron chi connectivity index (χ1n) is 1.41. The van der Waals surface area contributed by atoms with Crippen LogP contribution in [0, 0.1) is 0 Å². The maximum atomic E-state index is 2.12. The van der Waals surface area contributed by atoms with E-state index in [1.807, 2.05) is 0 Å². The molecule has 0 atom stereocenters. The van der Waals surface area contributed by atoms with E-state index in [1.54, 1.807) is 0 Å². The Morgan fingerprint density at radius 1 is 1.25 bits per heavy atom. The molecule has 0 amide bonds. The molecule has 0 spiro atoms. The smallest absolute Gasteiger partial charge is 0.0590 e. The summed E-state index contributed by atoms with van der Waals surface area (Å²) in [5, 5.41) is 0. The molecule has 0 radical (unpaired) electrons. The van der Waals surface area contributed by atoms with Crippen LogP contribution >= 0.6 is 0 Å². The van der Waals surface area contributed by atoms with E-state index in [0.717, 1.165) is 0 Å². The van der Waals surface area contributed by atoms with E-state index in [9.17, 15) is 0 Å². The Kier molecular flexibility index (Phi) is 23.0. The van der Waals surface area contributed by atoms with Gasteiger partial charge in [-0.05, 0) is 0 Å². The standard InChI is InChI=1S/C3H8.ClH/c1-3-2;/h3H2,1-2H3;1H/p-1. The Labute approximate surface area is 33.6 Å². The monoisotopic (exact) mass is 79.0 g/mol. The maximum Gasteiger partial charge on any atom is -0.0590 e. The summed E-state index contributed by atoms with van der Waals surface area (Å²) in [7, 11) is 0. The quantitative estimate of drug-likeness (QED) is 0.329. The van der Waals surface area contributed by atoms with E-state index in [-0.39, 0.29) is 12.4 Å². The molecule has 0 saturated heterocycles. The average molecular weight is 79.5 g/mol. The molecule has 0 aliphatic carbocycles. The van der Waals surface area contributed by atoms with Gasteiger partial charge in [0.15, 0.2) is 0 Å². The molecule has 0 bridgehead atoms. The Hall–Kier alpha value is 0.290. The molecule has 0 aromatic rings. The molecule has 28 valence electrons. The van der Waals surface area contributed by atoms with Crippen molar-refractivity contribution in [2.75, 3.05) is 0 Å². The predicted octanol–water partition coefficient (Wildman–Crippen LogP) is -1.58. The second-order valence-electron chi connectivity index (χ2n) is 0.707. The molecule has 0 aliphatic rings. The van der Waals surface area contributed by atoms with Crippen LogP contribution in [0.15, 0.2) is 0 Å². The molecular formula is C3H8Cl-. The van der Waals surface area contributed by atoms with Crippen molar-refractivity contribution in [2.45, 2.75) is 20.3 Å². The normalized spacial score (nSPS) is 4.50. The van der Waals surface area contributed by atoms with Gasteiger partial charge in [0.25, 0.3) is 0 Å². The maximum absolute atomic E-state index is 2.12. The Balaban J connectivity index is 0. The minimum atomic E-state index is 0. The third kappa shape index (κ3) is 45.3. The largest absolute Gasteiger partial charge is 1.00 e. The van der Waals surface area contributed by atoms with Gasteiger partial charge in [0, 0.05) is 0 Å². The van der Waals surface area contributed by atoms with Crippen LogP contribution in [0.2, 0.25) is 0 Å². The van der Waals surface area contributed by atoms with Crippen molar-refractivity contribution < 1.29 is 12.4 Å². The molecule has 0 N–H and O–H groups in total. The van der Waals surface area contributed by atoms with Gasteiger partial charge in [-0.3, -0.25) is 0 Å². The lowest BCUT2D eigenvalue weighted by Gasteiger charge is -1.48. The van der Waals surface area contributed by atoms with Crippen LogP contribution in [0.5, 0.6) is 0 Å². The van der Waals surface area contributed by atoms with E-state index >= 15 is 0 Å². The number of hydrogen-bond donors (Lipinski definition) is 0. The zero-order valence-electron chi connectivity index (χ0n) is 3.09.